The molecule has 2 nitrogen and oxygen atoms in total. The number of rotatable bonds is 1. The molecule has 0 aromatic carbocycles. The summed E-state index contributed by atoms with van der Waals surface area (Å²) >= 11 is 0. The van der Waals surface area contributed by atoms with E-state index in [-0.39, 0.29) is 0 Å². The van der Waals surface area contributed by atoms with E-state index in [9.17, 15) is 0 Å². The van der Waals surface area contributed by atoms with Crippen molar-refractivity contribution in [2.75, 3.05) is 19.7 Å². The number of hydrogen-bond acceptors (Lipinski definition) is 2. The van der Waals surface area contributed by atoms with Gasteiger partial charge < -0.3 is 10.4 Å². The summed E-state index contributed by atoms with van der Waals surface area (Å²) in [4.78, 5) is 0. The average Bonchev–Trinajstić information content (AvgIpc) is 2.62. The van der Waals surface area contributed by atoms with Crippen molar-refractivity contribution < 1.29 is 5.11 Å². The molecule has 0 amide bonds. The maximum absolute atomic E-state index is 8.99. The molecule has 1 spiro atoms. The maximum atomic E-state index is 8.99. The molecule has 2 N–H and O–H groups in total. The molecular weight excluding hydrogens is 138 g/mol. The van der Waals surface area contributed by atoms with E-state index < -0.39 is 0 Å². The molecule has 1 saturated carbocycles. The van der Waals surface area contributed by atoms with Gasteiger partial charge in [-0.1, -0.05) is 0 Å². The second-order valence-corrected chi connectivity index (χ2v) is 4.22. The molecule has 0 radical (unpaired) electrons. The van der Waals surface area contributed by atoms with E-state index in [1.807, 2.05) is 0 Å². The zero-order valence-corrected chi connectivity index (χ0v) is 6.97. The van der Waals surface area contributed by atoms with E-state index in [2.05, 4.69) is 5.32 Å². The number of hydrogen-bond donors (Lipinski definition) is 2. The van der Waals surface area contributed by atoms with Gasteiger partial charge in [0.2, 0.25) is 0 Å². The highest BCUT2D eigenvalue weighted by molar-refractivity contribution is 4.94. The van der Waals surface area contributed by atoms with Gasteiger partial charge in [-0.05, 0) is 43.6 Å². The van der Waals surface area contributed by atoms with Crippen LogP contribution in [0.5, 0.6) is 0 Å². The zero-order chi connectivity index (χ0) is 7.73. The molecule has 1 aliphatic heterocycles. The lowest BCUT2D eigenvalue weighted by molar-refractivity contribution is 0.213. The average molecular weight is 155 g/mol. The molecule has 0 unspecified atom stereocenters. The van der Waals surface area contributed by atoms with Gasteiger partial charge in [-0.3, -0.25) is 0 Å². The molecule has 2 fully saturated rings. The normalized spacial score (nSPS) is 43.9. The van der Waals surface area contributed by atoms with Crippen molar-refractivity contribution >= 4 is 0 Å². The van der Waals surface area contributed by atoms with Crippen molar-refractivity contribution in [3.8, 4) is 0 Å². The first-order valence-corrected chi connectivity index (χ1v) is 4.66. The molecule has 11 heavy (non-hydrogen) atoms. The molecule has 0 aromatic heterocycles. The van der Waals surface area contributed by atoms with E-state index in [1.54, 1.807) is 0 Å². The smallest absolute Gasteiger partial charge is 0.0459 e. The van der Waals surface area contributed by atoms with Crippen molar-refractivity contribution in [2.24, 2.45) is 11.3 Å². The Hall–Kier alpha value is -0.0800. The highest BCUT2D eigenvalue weighted by Crippen LogP contribution is 2.45. The molecule has 2 aliphatic rings. The molecule has 1 aliphatic carbocycles. The third-order valence-electron chi connectivity index (χ3n) is 3.39. The van der Waals surface area contributed by atoms with Gasteiger partial charge in [0.15, 0.2) is 0 Å². The monoisotopic (exact) mass is 155 g/mol. The van der Waals surface area contributed by atoms with Gasteiger partial charge in [0.1, 0.15) is 0 Å². The quantitative estimate of drug-likeness (QED) is 0.586. The van der Waals surface area contributed by atoms with Crippen LogP contribution in [0.1, 0.15) is 25.7 Å². The number of aliphatic hydroxyl groups is 1. The molecule has 1 saturated heterocycles. The van der Waals surface area contributed by atoms with E-state index >= 15 is 0 Å². The highest BCUT2D eigenvalue weighted by Gasteiger charge is 2.40. The summed E-state index contributed by atoms with van der Waals surface area (Å²) in [5, 5.41) is 12.4. The Balaban J connectivity index is 1.96. The summed E-state index contributed by atoms with van der Waals surface area (Å²) < 4.78 is 0. The summed E-state index contributed by atoms with van der Waals surface area (Å²) in [6.45, 7) is 2.80. The predicted molar refractivity (Wildman–Crippen MR) is 44.3 cm³/mol. The first-order chi connectivity index (χ1) is 5.35. The van der Waals surface area contributed by atoms with Gasteiger partial charge in [-0.15, -0.1) is 0 Å². The number of nitrogens with one attached hydrogen (secondary N) is 1. The van der Waals surface area contributed by atoms with Gasteiger partial charge in [0.25, 0.3) is 0 Å². The molecule has 0 bridgehead atoms. The fourth-order valence-corrected chi connectivity index (χ4v) is 2.67. The van der Waals surface area contributed by atoms with Crippen LogP contribution in [0.4, 0.5) is 0 Å². The minimum atomic E-state index is 0.405. The van der Waals surface area contributed by atoms with Crippen LogP contribution in [-0.4, -0.2) is 24.8 Å². The first-order valence-electron chi connectivity index (χ1n) is 4.66. The molecule has 2 rings (SSSR count). The van der Waals surface area contributed by atoms with Crippen LogP contribution in [0.15, 0.2) is 0 Å². The van der Waals surface area contributed by atoms with Crippen LogP contribution in [0.25, 0.3) is 0 Å². The largest absolute Gasteiger partial charge is 0.396 e. The molecule has 64 valence electrons. The molecule has 2 heteroatoms. The first kappa shape index (κ1) is 7.56. The topological polar surface area (TPSA) is 32.3 Å². The standard InChI is InChI=1S/C9H17NO/c11-6-8-1-2-9(5-8)3-4-10-7-9/h8,10-11H,1-7H2/t8-,9-/m1/s1. The minimum absolute atomic E-state index is 0.405. The van der Waals surface area contributed by atoms with Crippen molar-refractivity contribution in [3.05, 3.63) is 0 Å². The third-order valence-corrected chi connectivity index (χ3v) is 3.39. The predicted octanol–water partition coefficient (Wildman–Crippen LogP) is 0.758. The van der Waals surface area contributed by atoms with Crippen LogP contribution in [0.2, 0.25) is 0 Å². The zero-order valence-electron chi connectivity index (χ0n) is 6.97. The Bertz CT molecular complexity index is 140. The summed E-state index contributed by atoms with van der Waals surface area (Å²) in [5.41, 5.74) is 0.591. The van der Waals surface area contributed by atoms with Gasteiger partial charge in [-0.25, -0.2) is 0 Å². The van der Waals surface area contributed by atoms with Crippen LogP contribution < -0.4 is 5.32 Å². The summed E-state index contributed by atoms with van der Waals surface area (Å²) in [5.74, 6) is 0.606. The summed E-state index contributed by atoms with van der Waals surface area (Å²) in [6.07, 6.45) is 5.18. The Kier molecular flexibility index (Phi) is 1.90. The van der Waals surface area contributed by atoms with Gasteiger partial charge in [-0.2, -0.15) is 0 Å². The Morgan fingerprint density at radius 1 is 1.45 bits per heavy atom. The second kappa shape index (κ2) is 2.76. The SMILES string of the molecule is OC[C@@H]1CC[C@@]2(CCNC2)C1. The Labute approximate surface area is 68.0 Å². The summed E-state index contributed by atoms with van der Waals surface area (Å²) in [7, 11) is 0. The Morgan fingerprint density at radius 2 is 2.36 bits per heavy atom. The van der Waals surface area contributed by atoms with Gasteiger partial charge in [0, 0.05) is 13.2 Å². The van der Waals surface area contributed by atoms with Crippen molar-refractivity contribution in [3.63, 3.8) is 0 Å². The third kappa shape index (κ3) is 1.30. The van der Waals surface area contributed by atoms with Crippen LogP contribution in [0, 0.1) is 11.3 Å². The van der Waals surface area contributed by atoms with Gasteiger partial charge in [0.05, 0.1) is 0 Å². The van der Waals surface area contributed by atoms with Crippen LogP contribution >= 0.6 is 0 Å². The van der Waals surface area contributed by atoms with Crippen molar-refractivity contribution in [1.29, 1.82) is 0 Å². The van der Waals surface area contributed by atoms with Crippen LogP contribution in [-0.2, 0) is 0 Å². The fourth-order valence-electron chi connectivity index (χ4n) is 2.67. The Morgan fingerprint density at radius 3 is 2.91 bits per heavy atom. The molecule has 0 aromatic rings. The summed E-state index contributed by atoms with van der Waals surface area (Å²) in [6, 6.07) is 0. The lowest BCUT2D eigenvalue weighted by Crippen LogP contribution is -2.20. The van der Waals surface area contributed by atoms with Crippen molar-refractivity contribution in [2.45, 2.75) is 25.7 Å². The fraction of sp³-hybridized carbons (Fsp3) is 1.00. The van der Waals surface area contributed by atoms with Crippen LogP contribution in [0.3, 0.4) is 0 Å². The minimum Gasteiger partial charge on any atom is -0.396 e. The molecule has 2 atom stereocenters. The molecular formula is C9H17NO. The van der Waals surface area contributed by atoms with E-state index in [1.165, 1.54) is 38.8 Å². The maximum Gasteiger partial charge on any atom is 0.0459 e. The molecule has 1 heterocycles. The van der Waals surface area contributed by atoms with Crippen molar-refractivity contribution in [1.82, 2.24) is 5.32 Å². The lowest BCUT2D eigenvalue weighted by atomic mass is 9.85. The number of aliphatic hydroxyl groups excluding tert-OH is 1. The van der Waals surface area contributed by atoms with E-state index in [4.69, 9.17) is 5.11 Å². The highest BCUT2D eigenvalue weighted by atomic mass is 16.3. The van der Waals surface area contributed by atoms with E-state index in [0.717, 1.165) is 0 Å². The van der Waals surface area contributed by atoms with Gasteiger partial charge >= 0.3 is 0 Å². The second-order valence-electron chi connectivity index (χ2n) is 4.22. The van der Waals surface area contributed by atoms with E-state index in [0.29, 0.717) is 17.9 Å². The lowest BCUT2D eigenvalue weighted by Gasteiger charge is -2.21.